The van der Waals surface area contributed by atoms with Crippen LogP contribution in [-0.2, 0) is 0 Å². The predicted molar refractivity (Wildman–Crippen MR) is 99.9 cm³/mol. The number of hydrogen-bond donors (Lipinski definition) is 2. The number of anilines is 2. The van der Waals surface area contributed by atoms with E-state index in [4.69, 9.17) is 5.73 Å². The van der Waals surface area contributed by atoms with E-state index in [-0.39, 0.29) is 22.3 Å². The average molecular weight is 386 g/mol. The van der Waals surface area contributed by atoms with Crippen molar-refractivity contribution < 1.29 is 18.7 Å². The molecule has 28 heavy (non-hydrogen) atoms. The van der Waals surface area contributed by atoms with Crippen LogP contribution >= 0.6 is 0 Å². The van der Waals surface area contributed by atoms with Gasteiger partial charge in [0.2, 0.25) is 0 Å². The van der Waals surface area contributed by atoms with Gasteiger partial charge in [0.15, 0.2) is 34.5 Å². The fourth-order valence-electron chi connectivity index (χ4n) is 3.24. The molecule has 3 heterocycles. The number of carbonyl (C=O) groups is 1. The average Bonchev–Trinajstić information content (AvgIpc) is 2.62. The first-order valence-electron chi connectivity index (χ1n) is 8.51. The molecule has 1 aliphatic heterocycles. The van der Waals surface area contributed by atoms with Crippen molar-refractivity contribution in [2.24, 2.45) is 0 Å². The summed E-state index contributed by atoms with van der Waals surface area (Å²) in [5.41, 5.74) is 5.84. The van der Waals surface area contributed by atoms with Crippen molar-refractivity contribution in [3.63, 3.8) is 0 Å². The van der Waals surface area contributed by atoms with Crippen LogP contribution in [0.1, 0.15) is 17.3 Å². The lowest BCUT2D eigenvalue weighted by molar-refractivity contribution is 0.101. The third-order valence-corrected chi connectivity index (χ3v) is 4.76. The molecule has 0 aliphatic carbocycles. The Hall–Kier alpha value is -3.33. The first-order chi connectivity index (χ1) is 13.3. The number of ketones is 1. The Labute approximate surface area is 157 Å². The first kappa shape index (κ1) is 18.1. The van der Waals surface area contributed by atoms with Crippen LogP contribution in [0.3, 0.4) is 0 Å². The van der Waals surface area contributed by atoms with Crippen molar-refractivity contribution in [2.45, 2.75) is 13.0 Å². The Morgan fingerprint density at radius 2 is 1.96 bits per heavy atom. The number of aliphatic hydroxyl groups is 1. The molecule has 7 nitrogen and oxygen atoms in total. The summed E-state index contributed by atoms with van der Waals surface area (Å²) in [7, 11) is 0. The number of carbonyl (C=O) groups excluding carboxylic acids is 1. The smallest absolute Gasteiger partial charge is 0.200 e. The number of pyridine rings is 2. The van der Waals surface area contributed by atoms with E-state index in [2.05, 4.69) is 4.98 Å². The standard InChI is InChI=1S/C19H16F2N4O3/c1-9(26)13-8-25(19-15(21)5-14(20)18(22)23-19)16-4-10(24-6-11(27)7-24)2-3-12(16)17(13)28/h2-5,8,11,27H,6-7H2,1H3,(H2,22,23). The Morgan fingerprint density at radius 3 is 2.61 bits per heavy atom. The number of hydrogen-bond acceptors (Lipinski definition) is 6. The molecule has 0 radical (unpaired) electrons. The van der Waals surface area contributed by atoms with Crippen molar-refractivity contribution in [1.82, 2.24) is 9.55 Å². The van der Waals surface area contributed by atoms with Gasteiger partial charge < -0.3 is 15.7 Å². The molecule has 9 heteroatoms. The number of aliphatic hydroxyl groups excluding tert-OH is 1. The Bertz CT molecular complexity index is 1190. The van der Waals surface area contributed by atoms with Gasteiger partial charge >= 0.3 is 0 Å². The molecule has 1 fully saturated rings. The molecule has 3 aromatic rings. The molecule has 1 aliphatic rings. The zero-order valence-electron chi connectivity index (χ0n) is 14.8. The molecule has 3 N–H and O–H groups in total. The number of benzene rings is 1. The normalized spacial score (nSPS) is 14.4. The fourth-order valence-corrected chi connectivity index (χ4v) is 3.24. The van der Waals surface area contributed by atoms with E-state index in [1.807, 2.05) is 4.90 Å². The maximum absolute atomic E-state index is 14.5. The molecule has 4 rings (SSSR count). The second-order valence-electron chi connectivity index (χ2n) is 6.72. The number of nitrogen functional groups attached to an aromatic ring is 1. The summed E-state index contributed by atoms with van der Waals surface area (Å²) in [5.74, 6) is -3.32. The van der Waals surface area contributed by atoms with Gasteiger partial charge in [0.25, 0.3) is 0 Å². The van der Waals surface area contributed by atoms with Gasteiger partial charge in [-0.05, 0) is 25.1 Å². The number of aromatic nitrogens is 2. The van der Waals surface area contributed by atoms with Gasteiger partial charge in [-0.25, -0.2) is 13.8 Å². The van der Waals surface area contributed by atoms with E-state index >= 15 is 0 Å². The molecule has 0 spiro atoms. The molecule has 0 bridgehead atoms. The van der Waals surface area contributed by atoms with Crippen LogP contribution in [0.5, 0.6) is 0 Å². The number of fused-ring (bicyclic) bond motifs is 1. The van der Waals surface area contributed by atoms with E-state index in [9.17, 15) is 23.5 Å². The third kappa shape index (κ3) is 2.80. The molecular formula is C19H16F2N4O3. The molecule has 144 valence electrons. The van der Waals surface area contributed by atoms with Crippen LogP contribution in [-0.4, -0.2) is 39.6 Å². The molecule has 1 aromatic carbocycles. The molecule has 1 saturated heterocycles. The molecule has 2 aromatic heterocycles. The summed E-state index contributed by atoms with van der Waals surface area (Å²) in [6.07, 6.45) is 0.749. The van der Waals surface area contributed by atoms with Crippen LogP contribution in [0.25, 0.3) is 16.7 Å². The highest BCUT2D eigenvalue weighted by Crippen LogP contribution is 2.27. The largest absolute Gasteiger partial charge is 0.389 e. The van der Waals surface area contributed by atoms with E-state index in [1.54, 1.807) is 12.1 Å². The van der Waals surface area contributed by atoms with Crippen molar-refractivity contribution >= 4 is 28.2 Å². The Balaban J connectivity index is 2.03. The quantitative estimate of drug-likeness (QED) is 0.664. The summed E-state index contributed by atoms with van der Waals surface area (Å²) in [4.78, 5) is 30.3. The van der Waals surface area contributed by atoms with Gasteiger partial charge in [-0.1, -0.05) is 0 Å². The minimum atomic E-state index is -1.01. The van der Waals surface area contributed by atoms with Gasteiger partial charge in [-0.15, -0.1) is 0 Å². The van der Waals surface area contributed by atoms with Crippen molar-refractivity contribution in [1.29, 1.82) is 0 Å². The van der Waals surface area contributed by atoms with Crippen LogP contribution < -0.4 is 16.1 Å². The van der Waals surface area contributed by atoms with E-state index in [0.29, 0.717) is 24.8 Å². The van der Waals surface area contributed by atoms with E-state index in [0.717, 1.165) is 0 Å². The van der Waals surface area contributed by atoms with Gasteiger partial charge in [-0.2, -0.15) is 0 Å². The van der Waals surface area contributed by atoms with Crippen molar-refractivity contribution in [3.05, 3.63) is 57.9 Å². The molecule has 0 atom stereocenters. The van der Waals surface area contributed by atoms with E-state index < -0.39 is 34.8 Å². The lowest BCUT2D eigenvalue weighted by atomic mass is 10.1. The summed E-state index contributed by atoms with van der Waals surface area (Å²) < 4.78 is 29.2. The Morgan fingerprint density at radius 1 is 1.25 bits per heavy atom. The minimum Gasteiger partial charge on any atom is -0.389 e. The zero-order valence-corrected chi connectivity index (χ0v) is 14.8. The van der Waals surface area contributed by atoms with Crippen LogP contribution in [0, 0.1) is 11.6 Å². The first-order valence-corrected chi connectivity index (χ1v) is 8.51. The second-order valence-corrected chi connectivity index (χ2v) is 6.72. The van der Waals surface area contributed by atoms with Crippen LogP contribution in [0.2, 0.25) is 0 Å². The molecule has 0 unspecified atom stereocenters. The summed E-state index contributed by atoms with van der Waals surface area (Å²) in [6, 6.07) is 5.45. The third-order valence-electron chi connectivity index (χ3n) is 4.76. The van der Waals surface area contributed by atoms with Gasteiger partial charge in [-0.3, -0.25) is 14.2 Å². The summed E-state index contributed by atoms with van der Waals surface area (Å²) >= 11 is 0. The van der Waals surface area contributed by atoms with Crippen LogP contribution in [0.15, 0.2) is 35.3 Å². The highest BCUT2D eigenvalue weighted by Gasteiger charge is 2.25. The fraction of sp³-hybridized carbons (Fsp3) is 0.211. The summed E-state index contributed by atoms with van der Waals surface area (Å²) in [6.45, 7) is 2.08. The molecule has 0 amide bonds. The molecule has 0 saturated carbocycles. The Kier molecular flexibility index (Phi) is 4.11. The number of Topliss-reactive ketones (excluding diaryl/α,β-unsaturated/α-hetero) is 1. The highest BCUT2D eigenvalue weighted by atomic mass is 19.1. The summed E-state index contributed by atoms with van der Waals surface area (Å²) in [5, 5.41) is 9.70. The monoisotopic (exact) mass is 386 g/mol. The van der Waals surface area contributed by atoms with Crippen molar-refractivity contribution in [2.75, 3.05) is 23.7 Å². The van der Waals surface area contributed by atoms with Crippen LogP contribution in [0.4, 0.5) is 20.3 Å². The lowest BCUT2D eigenvalue weighted by Gasteiger charge is -2.38. The number of nitrogens with zero attached hydrogens (tertiary/aromatic N) is 3. The minimum absolute atomic E-state index is 0.149. The maximum atomic E-state index is 14.5. The van der Waals surface area contributed by atoms with Crippen molar-refractivity contribution in [3.8, 4) is 5.82 Å². The highest BCUT2D eigenvalue weighted by molar-refractivity contribution is 5.98. The topological polar surface area (TPSA) is 101 Å². The zero-order chi connectivity index (χ0) is 20.2. The SMILES string of the molecule is CC(=O)c1cn(-c2nc(N)c(F)cc2F)c2cc(N3CC(O)C3)ccc2c1=O. The second kappa shape index (κ2) is 6.38. The maximum Gasteiger partial charge on any atom is 0.200 e. The number of halogens is 2. The molecular weight excluding hydrogens is 370 g/mol. The van der Waals surface area contributed by atoms with Gasteiger partial charge in [0.05, 0.1) is 17.2 Å². The number of nitrogens with two attached hydrogens (primary N) is 1. The predicted octanol–water partition coefficient (Wildman–Crippen LogP) is 1.63. The van der Waals surface area contributed by atoms with Gasteiger partial charge in [0, 0.05) is 36.4 Å². The lowest BCUT2D eigenvalue weighted by Crippen LogP contribution is -2.50. The van der Waals surface area contributed by atoms with Gasteiger partial charge in [0.1, 0.15) is 0 Å². The number of rotatable bonds is 3. The number of β-amino-alcohol motifs (C(OH)–C–C–N with tert-alkyl or cyclic N) is 1. The van der Waals surface area contributed by atoms with E-state index in [1.165, 1.54) is 23.8 Å².